The lowest BCUT2D eigenvalue weighted by Crippen LogP contribution is -2.43. The third-order valence-corrected chi connectivity index (χ3v) is 6.11. The molecule has 0 amide bonds. The van der Waals surface area contributed by atoms with Crippen molar-refractivity contribution in [3.8, 4) is 22.4 Å². The highest BCUT2D eigenvalue weighted by Crippen LogP contribution is 2.54. The maximum Gasteiger partial charge on any atom is 0.0702 e. The first-order valence-corrected chi connectivity index (χ1v) is 8.59. The second-order valence-corrected chi connectivity index (χ2v) is 7.77. The van der Waals surface area contributed by atoms with Gasteiger partial charge in [0.2, 0.25) is 0 Å². The van der Waals surface area contributed by atoms with Gasteiger partial charge in [-0.2, -0.15) is 0 Å². The lowest BCUT2D eigenvalue weighted by atomic mass is 9.55. The van der Waals surface area contributed by atoms with E-state index in [9.17, 15) is 0 Å². The fraction of sp³-hybridized carbons (Fsp3) is 0.261. The van der Waals surface area contributed by atoms with E-state index in [2.05, 4.69) is 81.2 Å². The normalized spacial score (nSPS) is 17.0. The molecule has 0 N–H and O–H groups in total. The number of nitrogens with zero attached hydrogens (tertiary/aromatic N) is 1. The molecule has 1 nitrogen and oxygen atoms in total. The summed E-state index contributed by atoms with van der Waals surface area (Å²) in [7, 11) is 0. The topological polar surface area (TPSA) is 12.9 Å². The molecule has 0 bridgehead atoms. The Bertz CT molecular complexity index is 904. The zero-order valence-electron chi connectivity index (χ0n) is 14.8. The number of pyridine rings is 1. The van der Waals surface area contributed by atoms with Gasteiger partial charge in [0.15, 0.2) is 0 Å². The van der Waals surface area contributed by atoms with Crippen LogP contribution in [0.2, 0.25) is 0 Å². The molecule has 0 aliphatic heterocycles. The number of hydrogen-bond acceptors (Lipinski definition) is 1. The van der Waals surface area contributed by atoms with Crippen LogP contribution in [0.4, 0.5) is 0 Å². The summed E-state index contributed by atoms with van der Waals surface area (Å²) in [5, 5.41) is 0. The molecule has 0 atom stereocenters. The molecule has 0 saturated heterocycles. The third kappa shape index (κ3) is 1.97. The van der Waals surface area contributed by atoms with E-state index in [0.29, 0.717) is 0 Å². The Balaban J connectivity index is 2.01. The molecule has 1 heteroatoms. The molecule has 2 aromatic carbocycles. The first kappa shape index (κ1) is 15.1. The molecule has 120 valence electrons. The standard InChI is InChI=1S/C23H23N/c1-22(2)19-10-6-5-9-17(19)18-15-16(21-11-7-8-14-24-21)12-13-20(18)23(22,3)4/h5-15H,1-4H3. The summed E-state index contributed by atoms with van der Waals surface area (Å²) in [6.07, 6.45) is 1.86. The second kappa shape index (κ2) is 5.04. The summed E-state index contributed by atoms with van der Waals surface area (Å²) < 4.78 is 0. The third-order valence-electron chi connectivity index (χ3n) is 6.11. The van der Waals surface area contributed by atoms with Gasteiger partial charge in [-0.25, -0.2) is 0 Å². The summed E-state index contributed by atoms with van der Waals surface area (Å²) in [4.78, 5) is 4.52. The highest BCUT2D eigenvalue weighted by Gasteiger charge is 2.45. The highest BCUT2D eigenvalue weighted by atomic mass is 14.7. The number of hydrogen-bond donors (Lipinski definition) is 0. The van der Waals surface area contributed by atoms with Crippen molar-refractivity contribution in [2.75, 3.05) is 0 Å². The summed E-state index contributed by atoms with van der Waals surface area (Å²) in [5.74, 6) is 0. The van der Waals surface area contributed by atoms with Gasteiger partial charge in [-0.15, -0.1) is 0 Å². The Labute approximate surface area is 144 Å². The minimum atomic E-state index is 0.0688. The van der Waals surface area contributed by atoms with Gasteiger partial charge in [-0.05, 0) is 51.3 Å². The Morgan fingerprint density at radius 3 is 2.04 bits per heavy atom. The Kier molecular flexibility index (Phi) is 3.18. The zero-order valence-corrected chi connectivity index (χ0v) is 14.8. The van der Waals surface area contributed by atoms with Crippen LogP contribution in [0.15, 0.2) is 66.9 Å². The maximum absolute atomic E-state index is 4.52. The van der Waals surface area contributed by atoms with Gasteiger partial charge in [0, 0.05) is 11.8 Å². The number of fused-ring (bicyclic) bond motifs is 3. The molecule has 0 saturated carbocycles. The Morgan fingerprint density at radius 1 is 0.667 bits per heavy atom. The van der Waals surface area contributed by atoms with Crippen LogP contribution in [0, 0.1) is 0 Å². The molecule has 0 spiro atoms. The van der Waals surface area contributed by atoms with Gasteiger partial charge in [-0.3, -0.25) is 4.98 Å². The van der Waals surface area contributed by atoms with Crippen molar-refractivity contribution < 1.29 is 0 Å². The van der Waals surface area contributed by atoms with Gasteiger partial charge in [0.05, 0.1) is 5.69 Å². The van der Waals surface area contributed by atoms with E-state index in [1.807, 2.05) is 18.3 Å². The second-order valence-electron chi connectivity index (χ2n) is 7.77. The average Bonchev–Trinajstić information content (AvgIpc) is 2.61. The first-order valence-electron chi connectivity index (χ1n) is 8.59. The predicted octanol–water partition coefficient (Wildman–Crippen LogP) is 5.98. The molecule has 0 radical (unpaired) electrons. The molecule has 0 fully saturated rings. The van der Waals surface area contributed by atoms with Gasteiger partial charge in [0.1, 0.15) is 0 Å². The van der Waals surface area contributed by atoms with E-state index in [1.54, 1.807) is 0 Å². The van der Waals surface area contributed by atoms with Crippen molar-refractivity contribution in [3.05, 3.63) is 78.0 Å². The Morgan fingerprint density at radius 2 is 1.33 bits per heavy atom. The summed E-state index contributed by atoms with van der Waals surface area (Å²) >= 11 is 0. The molecule has 1 heterocycles. The van der Waals surface area contributed by atoms with E-state index < -0.39 is 0 Å². The predicted molar refractivity (Wildman–Crippen MR) is 101 cm³/mol. The van der Waals surface area contributed by atoms with Crippen LogP contribution in [-0.4, -0.2) is 4.98 Å². The molecular weight excluding hydrogens is 290 g/mol. The van der Waals surface area contributed by atoms with Gasteiger partial charge in [-0.1, -0.05) is 70.2 Å². The van der Waals surface area contributed by atoms with Crippen molar-refractivity contribution in [1.82, 2.24) is 4.98 Å². The fourth-order valence-electron chi connectivity index (χ4n) is 3.94. The molecule has 1 aromatic heterocycles. The molecule has 4 rings (SSSR count). The van der Waals surface area contributed by atoms with E-state index >= 15 is 0 Å². The number of aromatic nitrogens is 1. The van der Waals surface area contributed by atoms with Gasteiger partial charge < -0.3 is 0 Å². The summed E-state index contributed by atoms with van der Waals surface area (Å²) in [6.45, 7) is 9.45. The largest absolute Gasteiger partial charge is 0.256 e. The lowest BCUT2D eigenvalue weighted by molar-refractivity contribution is 0.299. The van der Waals surface area contributed by atoms with Gasteiger partial charge in [0.25, 0.3) is 0 Å². The summed E-state index contributed by atoms with van der Waals surface area (Å²) in [5.41, 5.74) is 7.92. The monoisotopic (exact) mass is 313 g/mol. The lowest BCUT2D eigenvalue weighted by Gasteiger charge is -2.48. The molecule has 3 aromatic rings. The number of benzene rings is 2. The fourth-order valence-corrected chi connectivity index (χ4v) is 3.94. The van der Waals surface area contributed by atoms with E-state index in [4.69, 9.17) is 0 Å². The van der Waals surface area contributed by atoms with Crippen LogP contribution >= 0.6 is 0 Å². The quantitative estimate of drug-likeness (QED) is 0.538. The zero-order chi connectivity index (χ0) is 16.9. The van der Waals surface area contributed by atoms with Crippen molar-refractivity contribution in [1.29, 1.82) is 0 Å². The van der Waals surface area contributed by atoms with Crippen molar-refractivity contribution >= 4 is 0 Å². The van der Waals surface area contributed by atoms with Crippen LogP contribution in [0.25, 0.3) is 22.4 Å². The van der Waals surface area contributed by atoms with Crippen LogP contribution < -0.4 is 0 Å². The number of rotatable bonds is 1. The van der Waals surface area contributed by atoms with Crippen LogP contribution in [0.1, 0.15) is 38.8 Å². The maximum atomic E-state index is 4.52. The van der Waals surface area contributed by atoms with E-state index in [-0.39, 0.29) is 10.8 Å². The van der Waals surface area contributed by atoms with Gasteiger partial charge >= 0.3 is 0 Å². The van der Waals surface area contributed by atoms with Crippen molar-refractivity contribution in [3.63, 3.8) is 0 Å². The molecule has 1 aliphatic rings. The van der Waals surface area contributed by atoms with Crippen LogP contribution in [0.3, 0.4) is 0 Å². The molecule has 24 heavy (non-hydrogen) atoms. The highest BCUT2D eigenvalue weighted by molar-refractivity contribution is 5.81. The summed E-state index contributed by atoms with van der Waals surface area (Å²) in [6, 6.07) is 21.8. The molecule has 1 aliphatic carbocycles. The van der Waals surface area contributed by atoms with E-state index in [0.717, 1.165) is 5.69 Å². The SMILES string of the molecule is CC1(C)c2ccccc2-c2cc(-c3ccccn3)ccc2C1(C)C. The van der Waals surface area contributed by atoms with Crippen LogP contribution in [0.5, 0.6) is 0 Å². The first-order chi connectivity index (χ1) is 11.4. The van der Waals surface area contributed by atoms with Crippen molar-refractivity contribution in [2.45, 2.75) is 38.5 Å². The minimum absolute atomic E-state index is 0.0688. The van der Waals surface area contributed by atoms with Crippen molar-refractivity contribution in [2.24, 2.45) is 0 Å². The average molecular weight is 313 g/mol. The van der Waals surface area contributed by atoms with Crippen LogP contribution in [-0.2, 0) is 10.8 Å². The Hall–Kier alpha value is -2.41. The van der Waals surface area contributed by atoms with E-state index in [1.165, 1.54) is 27.8 Å². The molecular formula is C23H23N. The molecule has 0 unspecified atom stereocenters. The minimum Gasteiger partial charge on any atom is -0.256 e. The smallest absolute Gasteiger partial charge is 0.0702 e.